The first-order valence-corrected chi connectivity index (χ1v) is 7.36. The fourth-order valence-electron chi connectivity index (χ4n) is 2.19. The van der Waals surface area contributed by atoms with Crippen LogP contribution in [0.2, 0.25) is 4.34 Å². The molecule has 1 aromatic carbocycles. The number of rotatable bonds is 3. The van der Waals surface area contributed by atoms with Gasteiger partial charge in [-0.1, -0.05) is 17.7 Å². The molecule has 0 aliphatic heterocycles. The summed E-state index contributed by atoms with van der Waals surface area (Å²) in [6, 6.07) is 8.81. The Labute approximate surface area is 123 Å². The van der Waals surface area contributed by atoms with Crippen LogP contribution >= 0.6 is 22.9 Å². The zero-order valence-corrected chi connectivity index (χ0v) is 12.2. The number of fused-ring (bicyclic) bond motifs is 1. The molecule has 1 unspecified atom stereocenters. The number of thiophene rings is 1. The summed E-state index contributed by atoms with van der Waals surface area (Å²) in [6.07, 6.45) is -0.771. The molecule has 3 rings (SSSR count). The van der Waals surface area contributed by atoms with E-state index in [9.17, 15) is 9.90 Å². The van der Waals surface area contributed by atoms with Crippen molar-refractivity contribution < 1.29 is 9.52 Å². The third-order valence-electron chi connectivity index (χ3n) is 3.19. The maximum absolute atomic E-state index is 11.6. The molecule has 1 atom stereocenters. The lowest BCUT2D eigenvalue weighted by molar-refractivity contribution is 0.224. The van der Waals surface area contributed by atoms with E-state index in [0.29, 0.717) is 22.0 Å². The maximum atomic E-state index is 11.6. The maximum Gasteiger partial charge on any atom is 0.419 e. The fraction of sp³-hybridized carbons (Fsp3) is 0.214. The molecule has 0 aliphatic carbocycles. The Morgan fingerprint density at radius 2 is 2.20 bits per heavy atom. The van der Waals surface area contributed by atoms with Crippen molar-refractivity contribution in [1.29, 1.82) is 0 Å². The van der Waals surface area contributed by atoms with Gasteiger partial charge in [-0.2, -0.15) is 0 Å². The third-order valence-corrected chi connectivity index (χ3v) is 4.47. The molecule has 0 radical (unpaired) electrons. The lowest BCUT2D eigenvalue weighted by atomic mass is 10.1. The Morgan fingerprint density at radius 3 is 2.85 bits per heavy atom. The summed E-state index contributed by atoms with van der Waals surface area (Å²) in [5.74, 6) is -0.381. The van der Waals surface area contributed by atoms with Gasteiger partial charge < -0.3 is 9.52 Å². The SMILES string of the molecule is CCn1c(=O)oc2cc(C(O)c3ccc(Cl)s3)ccc21. The highest BCUT2D eigenvalue weighted by Gasteiger charge is 2.15. The Hall–Kier alpha value is -1.56. The summed E-state index contributed by atoms with van der Waals surface area (Å²) in [5.41, 5.74) is 1.89. The lowest BCUT2D eigenvalue weighted by Gasteiger charge is -2.08. The molecule has 4 nitrogen and oxygen atoms in total. The largest absolute Gasteiger partial charge is 0.419 e. The minimum atomic E-state index is -0.771. The second-order valence-electron chi connectivity index (χ2n) is 4.38. The first-order valence-electron chi connectivity index (χ1n) is 6.16. The summed E-state index contributed by atoms with van der Waals surface area (Å²) in [4.78, 5) is 12.4. The minimum absolute atomic E-state index is 0.381. The van der Waals surface area contributed by atoms with Crippen molar-refractivity contribution in [2.45, 2.75) is 19.6 Å². The van der Waals surface area contributed by atoms with Crippen LogP contribution in [0, 0.1) is 0 Å². The van der Waals surface area contributed by atoms with Gasteiger partial charge in [0.2, 0.25) is 0 Å². The first-order chi connectivity index (χ1) is 9.60. The van der Waals surface area contributed by atoms with Crippen LogP contribution in [0.1, 0.15) is 23.5 Å². The average molecular weight is 310 g/mol. The number of aliphatic hydroxyl groups is 1. The predicted molar refractivity (Wildman–Crippen MR) is 79.5 cm³/mol. The molecule has 0 amide bonds. The van der Waals surface area contributed by atoms with Crippen LogP contribution in [0.15, 0.2) is 39.5 Å². The minimum Gasteiger partial charge on any atom is -0.408 e. The molecule has 0 fully saturated rings. The summed E-state index contributed by atoms with van der Waals surface area (Å²) in [7, 11) is 0. The van der Waals surface area contributed by atoms with Crippen LogP contribution in [0.4, 0.5) is 0 Å². The molecule has 104 valence electrons. The van der Waals surface area contributed by atoms with Gasteiger partial charge in [0.15, 0.2) is 5.58 Å². The normalized spacial score (nSPS) is 12.9. The molecule has 2 heterocycles. The number of benzene rings is 1. The van der Waals surface area contributed by atoms with Gasteiger partial charge in [-0.3, -0.25) is 4.57 Å². The van der Waals surface area contributed by atoms with E-state index in [0.717, 1.165) is 10.4 Å². The predicted octanol–water partition coefficient (Wildman–Crippen LogP) is 3.41. The molecule has 20 heavy (non-hydrogen) atoms. The topological polar surface area (TPSA) is 55.4 Å². The number of aryl methyl sites for hydroxylation is 1. The second-order valence-corrected chi connectivity index (χ2v) is 6.13. The van der Waals surface area contributed by atoms with Gasteiger partial charge in [0.1, 0.15) is 6.10 Å². The van der Waals surface area contributed by atoms with Crippen LogP contribution < -0.4 is 5.76 Å². The fourth-order valence-corrected chi connectivity index (χ4v) is 3.27. The van der Waals surface area contributed by atoms with Crippen LogP contribution in [0.5, 0.6) is 0 Å². The molecule has 2 aromatic heterocycles. The van der Waals surface area contributed by atoms with E-state index >= 15 is 0 Å². The van der Waals surface area contributed by atoms with E-state index in [1.807, 2.05) is 6.92 Å². The smallest absolute Gasteiger partial charge is 0.408 e. The van der Waals surface area contributed by atoms with Gasteiger partial charge in [0.25, 0.3) is 0 Å². The summed E-state index contributed by atoms with van der Waals surface area (Å²) < 4.78 is 7.37. The van der Waals surface area contributed by atoms with E-state index in [1.54, 1.807) is 34.9 Å². The van der Waals surface area contributed by atoms with Gasteiger partial charge in [0, 0.05) is 11.4 Å². The number of hydrogen-bond donors (Lipinski definition) is 1. The zero-order chi connectivity index (χ0) is 14.3. The summed E-state index contributed by atoms with van der Waals surface area (Å²) in [5, 5.41) is 10.3. The highest BCUT2D eigenvalue weighted by atomic mass is 35.5. The molecule has 6 heteroatoms. The molecular formula is C14H12ClNO3S. The summed E-state index contributed by atoms with van der Waals surface area (Å²) in [6.45, 7) is 2.43. The molecule has 0 bridgehead atoms. The molecule has 3 aromatic rings. The van der Waals surface area contributed by atoms with E-state index in [4.69, 9.17) is 16.0 Å². The summed E-state index contributed by atoms with van der Waals surface area (Å²) >= 11 is 7.20. The Balaban J connectivity index is 2.07. The van der Waals surface area contributed by atoms with Crippen LogP contribution in [-0.4, -0.2) is 9.67 Å². The number of halogens is 1. The van der Waals surface area contributed by atoms with Crippen LogP contribution in [0.3, 0.4) is 0 Å². The van der Waals surface area contributed by atoms with E-state index in [-0.39, 0.29) is 5.76 Å². The van der Waals surface area contributed by atoms with Crippen molar-refractivity contribution in [3.05, 3.63) is 55.7 Å². The number of oxazole rings is 1. The Morgan fingerprint density at radius 1 is 1.40 bits per heavy atom. The van der Waals surface area contributed by atoms with Crippen molar-refractivity contribution in [1.82, 2.24) is 4.57 Å². The highest BCUT2D eigenvalue weighted by molar-refractivity contribution is 7.16. The molecule has 1 N–H and O–H groups in total. The van der Waals surface area contributed by atoms with Crippen molar-refractivity contribution in [2.75, 3.05) is 0 Å². The van der Waals surface area contributed by atoms with Gasteiger partial charge in [-0.15, -0.1) is 11.3 Å². The molecule has 0 saturated heterocycles. The zero-order valence-electron chi connectivity index (χ0n) is 10.7. The van der Waals surface area contributed by atoms with Crippen LogP contribution in [0.25, 0.3) is 11.1 Å². The first kappa shape index (κ1) is 13.4. The van der Waals surface area contributed by atoms with Crippen molar-refractivity contribution in [2.24, 2.45) is 0 Å². The van der Waals surface area contributed by atoms with Gasteiger partial charge >= 0.3 is 5.76 Å². The Kier molecular flexibility index (Phi) is 3.41. The van der Waals surface area contributed by atoms with Gasteiger partial charge in [0.05, 0.1) is 9.85 Å². The van der Waals surface area contributed by atoms with Crippen molar-refractivity contribution >= 4 is 34.0 Å². The number of hydrogen-bond acceptors (Lipinski definition) is 4. The number of nitrogens with zero attached hydrogens (tertiary/aromatic N) is 1. The molecule has 0 saturated carbocycles. The third kappa shape index (κ3) is 2.18. The Bertz CT molecular complexity index is 817. The standard InChI is InChI=1S/C14H12ClNO3S/c1-2-16-9-4-3-8(7-10(9)19-14(16)18)13(17)11-5-6-12(15)20-11/h3-7,13,17H,2H2,1H3. The van der Waals surface area contributed by atoms with Crippen LogP contribution in [-0.2, 0) is 6.54 Å². The highest BCUT2D eigenvalue weighted by Crippen LogP contribution is 2.32. The van der Waals surface area contributed by atoms with E-state index in [2.05, 4.69) is 0 Å². The quantitative estimate of drug-likeness (QED) is 0.806. The molecule has 0 spiro atoms. The lowest BCUT2D eigenvalue weighted by Crippen LogP contribution is -2.11. The van der Waals surface area contributed by atoms with Crippen molar-refractivity contribution in [3.8, 4) is 0 Å². The van der Waals surface area contributed by atoms with Crippen molar-refractivity contribution in [3.63, 3.8) is 0 Å². The number of aliphatic hydroxyl groups excluding tert-OH is 1. The average Bonchev–Trinajstić information content (AvgIpc) is 2.99. The van der Waals surface area contributed by atoms with E-state index in [1.165, 1.54) is 11.3 Å². The number of aromatic nitrogens is 1. The monoisotopic (exact) mass is 309 g/mol. The van der Waals surface area contributed by atoms with Gasteiger partial charge in [-0.25, -0.2) is 4.79 Å². The van der Waals surface area contributed by atoms with Gasteiger partial charge in [-0.05, 0) is 36.8 Å². The molecular weight excluding hydrogens is 298 g/mol. The van der Waals surface area contributed by atoms with E-state index < -0.39 is 6.10 Å². The second kappa shape index (κ2) is 5.09. The molecule has 0 aliphatic rings.